The molecule has 1 saturated heterocycles. The predicted molar refractivity (Wildman–Crippen MR) is 224 cm³/mol. The Balaban J connectivity index is 1.27. The molecule has 5 rings (SSSR count). The monoisotopic (exact) mass is 889 g/mol. The van der Waals surface area contributed by atoms with E-state index in [0.717, 1.165) is 39.8 Å². The summed E-state index contributed by atoms with van der Waals surface area (Å²) in [5, 5.41) is 12.5. The van der Waals surface area contributed by atoms with Crippen LogP contribution in [0.5, 0.6) is 0 Å². The topological polar surface area (TPSA) is 137 Å². The number of rotatable bonds is 19. The molecule has 12 nitrogen and oxygen atoms in total. The van der Waals surface area contributed by atoms with E-state index in [1.165, 1.54) is 0 Å². The van der Waals surface area contributed by atoms with Gasteiger partial charge in [0.2, 0.25) is 5.91 Å². The maximum absolute atomic E-state index is 14.2. The minimum Gasteiger partial charge on any atom is -0.444 e. The highest BCUT2D eigenvalue weighted by Gasteiger charge is 2.27. The number of morpholine rings is 1. The number of benzene rings is 2. The summed E-state index contributed by atoms with van der Waals surface area (Å²) < 4.78 is 15.4. The Morgan fingerprint density at radius 2 is 1.57 bits per heavy atom. The van der Waals surface area contributed by atoms with Gasteiger partial charge in [-0.05, 0) is 52.2 Å². The van der Waals surface area contributed by atoms with E-state index in [2.05, 4.69) is 55.0 Å². The van der Waals surface area contributed by atoms with Crippen LogP contribution in [0.3, 0.4) is 0 Å². The lowest BCUT2D eigenvalue weighted by Crippen LogP contribution is -2.54. The second-order valence-electron chi connectivity index (χ2n) is 13.9. The van der Waals surface area contributed by atoms with Crippen molar-refractivity contribution in [1.82, 2.24) is 30.7 Å². The molecular formula is C39H52IN7O5S2. The smallest absolute Gasteiger partial charge is 0.407 e. The van der Waals surface area contributed by atoms with Gasteiger partial charge < -0.3 is 30.3 Å². The normalized spacial score (nSPS) is 16.1. The third-order valence-electron chi connectivity index (χ3n) is 9.15. The Bertz CT molecular complexity index is 1690. The Kier molecular flexibility index (Phi) is 17.2. The Hall–Kier alpha value is -3.38. The van der Waals surface area contributed by atoms with Crippen molar-refractivity contribution in [2.75, 3.05) is 46.5 Å². The van der Waals surface area contributed by atoms with Crippen LogP contribution in [-0.4, -0.2) is 97.4 Å². The summed E-state index contributed by atoms with van der Waals surface area (Å²) in [4.78, 5) is 50.3. The zero-order chi connectivity index (χ0) is 38.1. The first-order valence-corrected chi connectivity index (χ1v) is 23.7. The number of carbonyl (C=O) groups excluding carboxylic acids is 3. The van der Waals surface area contributed by atoms with Gasteiger partial charge in [0.1, 0.15) is 12.6 Å². The van der Waals surface area contributed by atoms with Gasteiger partial charge in [-0.25, -0.2) is 17.7 Å². The second-order valence-corrected chi connectivity index (χ2v) is 18.6. The number of halogens is 1. The zero-order valence-electron chi connectivity index (χ0n) is 31.2. The third kappa shape index (κ3) is 14.4. The standard InChI is InChI=1S/C39H52IN7O5S2/c1-28(2)37-43-33(27-53-37)25-46(3)38(49)45-35(16-17-47-18-20-51-21-19-47)36(48)42-31(22-29-10-6-4-7-11-29)14-15-32(23-30-12-8-5-9-13-30)44-39(50)52-26-34-24-41-40-54-34/h4-13,24,27-28,31-32,35H,14-23,25-26H2,1-3H3,(H,42,48)(H,44,50)(H,45,49)/t31-,32-,35+/m1/s1. The van der Waals surface area contributed by atoms with Gasteiger partial charge in [0.05, 0.1) is 55.0 Å². The molecule has 54 heavy (non-hydrogen) atoms. The van der Waals surface area contributed by atoms with Crippen LogP contribution in [0, 0.1) is 0 Å². The van der Waals surface area contributed by atoms with Crippen molar-refractivity contribution in [3.8, 4) is 0 Å². The van der Waals surface area contributed by atoms with Crippen LogP contribution in [0.15, 0.2) is 80.3 Å². The van der Waals surface area contributed by atoms with Gasteiger partial charge in [-0.15, -0.1) is 11.3 Å². The van der Waals surface area contributed by atoms with E-state index in [1.807, 2.05) is 53.9 Å². The summed E-state index contributed by atoms with van der Waals surface area (Å²) in [6, 6.07) is 18.5. The van der Waals surface area contributed by atoms with Crippen LogP contribution in [0.4, 0.5) is 9.59 Å². The number of nitrogens with one attached hydrogen (secondary N) is 3. The Labute approximate surface area is 335 Å². The van der Waals surface area contributed by atoms with Gasteiger partial charge in [0, 0.05) is 56.3 Å². The van der Waals surface area contributed by atoms with E-state index in [4.69, 9.17) is 9.47 Å². The fourth-order valence-electron chi connectivity index (χ4n) is 6.15. The molecule has 0 aliphatic carbocycles. The first-order valence-electron chi connectivity index (χ1n) is 18.5. The van der Waals surface area contributed by atoms with Crippen LogP contribution in [0.1, 0.15) is 60.9 Å². The van der Waals surface area contributed by atoms with Crippen molar-refractivity contribution >= 4 is 57.9 Å². The fourth-order valence-corrected chi connectivity index (χ4v) is 10.0. The molecule has 3 N–H and O–H groups in total. The summed E-state index contributed by atoms with van der Waals surface area (Å²) >= 11 is 1.30. The predicted octanol–water partition coefficient (Wildman–Crippen LogP) is 7.00. The van der Waals surface area contributed by atoms with Gasteiger partial charge >= 0.3 is 12.1 Å². The number of ether oxygens (including phenoxy) is 2. The largest absolute Gasteiger partial charge is 0.444 e. The molecule has 292 valence electrons. The molecule has 2 aliphatic rings. The van der Waals surface area contributed by atoms with Crippen molar-refractivity contribution in [3.63, 3.8) is 0 Å². The lowest BCUT2D eigenvalue weighted by molar-refractivity contribution is -0.124. The lowest BCUT2D eigenvalue weighted by Gasteiger charge is -2.30. The molecule has 2 aliphatic heterocycles. The molecule has 2 aromatic carbocycles. The highest BCUT2D eigenvalue weighted by Crippen LogP contribution is 2.37. The molecule has 0 radical (unpaired) electrons. The van der Waals surface area contributed by atoms with Gasteiger partial charge in [0.25, 0.3) is 0 Å². The number of carbonyl (C=O) groups is 3. The summed E-state index contributed by atoms with van der Waals surface area (Å²) in [6.07, 6.45) is 4.17. The van der Waals surface area contributed by atoms with Crippen molar-refractivity contribution in [2.45, 2.75) is 76.5 Å². The maximum atomic E-state index is 14.2. The van der Waals surface area contributed by atoms with Gasteiger partial charge in [0.15, 0.2) is 0 Å². The van der Waals surface area contributed by atoms with E-state index in [0.29, 0.717) is 64.3 Å². The Morgan fingerprint density at radius 1 is 0.926 bits per heavy atom. The van der Waals surface area contributed by atoms with Gasteiger partial charge in [-0.2, -0.15) is 0 Å². The number of alkyl carbamates (subject to hydrolysis) is 1. The molecule has 0 unspecified atom stereocenters. The average Bonchev–Trinajstić information content (AvgIpc) is 3.89. The second kappa shape index (κ2) is 22.2. The Morgan fingerprint density at radius 3 is 2.17 bits per heavy atom. The molecule has 15 heteroatoms. The number of urea groups is 1. The van der Waals surface area contributed by atoms with Gasteiger partial charge in [-0.3, -0.25) is 9.69 Å². The molecule has 3 aromatic rings. The summed E-state index contributed by atoms with van der Waals surface area (Å²) in [5.74, 6) is 0.0821. The zero-order valence-corrected chi connectivity index (χ0v) is 35.0. The first-order chi connectivity index (χ1) is 26.2. The van der Waals surface area contributed by atoms with Crippen molar-refractivity contribution in [1.29, 1.82) is 0 Å². The SMILES string of the molecule is CC(C)c1nc(CN(C)C(=O)N[C@@H](CCN2CCOCC2)C(=O)N[C@H](CC[C@H](Cc2ccccc2)NC(=O)OCC2=CN=IS2)Cc2ccccc2)cs1. The number of hydrogen-bond donors (Lipinski definition) is 3. The quantitative estimate of drug-likeness (QED) is 0.110. The minimum atomic E-state index is -0.757. The van der Waals surface area contributed by atoms with Crippen LogP contribution < -0.4 is 16.0 Å². The molecule has 0 bridgehead atoms. The van der Waals surface area contributed by atoms with Crippen molar-refractivity contribution in [3.05, 3.63) is 99.0 Å². The lowest BCUT2D eigenvalue weighted by atomic mass is 9.95. The number of aromatic nitrogens is 1. The number of hydrogen-bond acceptors (Lipinski definition) is 10. The van der Waals surface area contributed by atoms with E-state index in [-0.39, 0.29) is 50.3 Å². The number of thiazole rings is 1. The highest BCUT2D eigenvalue weighted by atomic mass is 127. The van der Waals surface area contributed by atoms with Crippen molar-refractivity contribution < 1.29 is 23.9 Å². The van der Waals surface area contributed by atoms with Crippen molar-refractivity contribution in [2.24, 2.45) is 3.15 Å². The third-order valence-corrected chi connectivity index (χ3v) is 14.2. The molecule has 1 fully saturated rings. The van der Waals surface area contributed by atoms with E-state index >= 15 is 0 Å². The molecule has 0 saturated carbocycles. The summed E-state index contributed by atoms with van der Waals surface area (Å²) in [5.41, 5.74) is 3.01. The molecule has 1 aromatic heterocycles. The highest BCUT2D eigenvalue weighted by molar-refractivity contribution is 14.2. The molecule has 3 atom stereocenters. The number of amides is 4. The molecular weight excluding hydrogens is 838 g/mol. The van der Waals surface area contributed by atoms with Crippen LogP contribution in [-0.2, 0) is 33.7 Å². The van der Waals surface area contributed by atoms with E-state index in [9.17, 15) is 14.4 Å². The molecule has 4 amide bonds. The average molecular weight is 890 g/mol. The van der Waals surface area contributed by atoms with Crippen LogP contribution in [0.25, 0.3) is 0 Å². The fraction of sp³-hybridized carbons (Fsp3) is 0.487. The molecule has 3 heterocycles. The first kappa shape index (κ1) is 41.8. The summed E-state index contributed by atoms with van der Waals surface area (Å²) in [6.45, 7) is 8.27. The van der Waals surface area contributed by atoms with E-state index in [1.54, 1.807) is 38.4 Å². The van der Waals surface area contributed by atoms with E-state index < -0.39 is 12.1 Å². The van der Waals surface area contributed by atoms with Crippen LogP contribution in [0.2, 0.25) is 0 Å². The minimum absolute atomic E-state index is 0.208. The summed E-state index contributed by atoms with van der Waals surface area (Å²) in [7, 11) is 3.39. The maximum Gasteiger partial charge on any atom is 0.407 e. The molecule has 0 spiro atoms. The van der Waals surface area contributed by atoms with Gasteiger partial charge in [-0.1, -0.05) is 74.5 Å². The number of nitrogens with zero attached hydrogens (tertiary/aromatic N) is 4. The van der Waals surface area contributed by atoms with Crippen LogP contribution >= 0.6 is 39.9 Å².